The van der Waals surface area contributed by atoms with Gasteiger partial charge >= 0.3 is 0 Å². The summed E-state index contributed by atoms with van der Waals surface area (Å²) in [7, 11) is 0. The molecule has 138 valence electrons. The number of rotatable bonds is 7. The van der Waals surface area contributed by atoms with Crippen LogP contribution in [0, 0.1) is 0 Å². The van der Waals surface area contributed by atoms with Crippen LogP contribution in [-0.2, 0) is 13.0 Å². The number of nitrogens with one attached hydrogen (secondary N) is 3. The van der Waals surface area contributed by atoms with Gasteiger partial charge in [0.15, 0.2) is 5.69 Å². The monoisotopic (exact) mass is 367 g/mol. The molecule has 1 aliphatic rings. The molecule has 0 aromatic carbocycles. The van der Waals surface area contributed by atoms with E-state index in [1.165, 1.54) is 0 Å². The number of hydrogen-bond acceptors (Lipinski definition) is 5. The number of carbonyl (C=O) groups is 1. The van der Waals surface area contributed by atoms with Crippen LogP contribution >= 0.6 is 12.4 Å². The van der Waals surface area contributed by atoms with E-state index in [1.54, 1.807) is 6.26 Å². The molecule has 3 heterocycles. The molecule has 7 nitrogen and oxygen atoms in total. The number of fused-ring (bicyclic) bond motifs is 1. The molecule has 3 rings (SSSR count). The van der Waals surface area contributed by atoms with Crippen LogP contribution in [0.15, 0.2) is 22.8 Å². The lowest BCUT2D eigenvalue weighted by atomic mass is 10.1. The quantitative estimate of drug-likeness (QED) is 0.695. The Labute approximate surface area is 153 Å². The van der Waals surface area contributed by atoms with Gasteiger partial charge in [-0.3, -0.25) is 14.8 Å². The van der Waals surface area contributed by atoms with Crippen molar-refractivity contribution >= 4 is 18.3 Å². The highest BCUT2D eigenvalue weighted by Gasteiger charge is 2.25. The van der Waals surface area contributed by atoms with E-state index in [0.29, 0.717) is 18.8 Å². The summed E-state index contributed by atoms with van der Waals surface area (Å²) in [6.45, 7) is 8.08. The van der Waals surface area contributed by atoms with Crippen molar-refractivity contribution in [2.75, 3.05) is 26.2 Å². The molecule has 0 spiro atoms. The van der Waals surface area contributed by atoms with Crippen LogP contribution in [0.4, 0.5) is 0 Å². The molecule has 1 atom stereocenters. The Balaban J connectivity index is 0.00000225. The summed E-state index contributed by atoms with van der Waals surface area (Å²) < 4.78 is 5.57. The first-order valence-corrected chi connectivity index (χ1v) is 8.57. The molecule has 8 heteroatoms. The first kappa shape index (κ1) is 19.5. The minimum absolute atomic E-state index is 0. The largest absolute Gasteiger partial charge is 0.468 e. The lowest BCUT2D eigenvalue weighted by Crippen LogP contribution is -2.38. The summed E-state index contributed by atoms with van der Waals surface area (Å²) in [5.41, 5.74) is 2.54. The van der Waals surface area contributed by atoms with Crippen LogP contribution < -0.4 is 10.6 Å². The minimum atomic E-state index is -0.139. The number of nitrogens with zero attached hydrogens (tertiary/aromatic N) is 2. The molecule has 2 aromatic rings. The van der Waals surface area contributed by atoms with E-state index in [2.05, 4.69) is 39.6 Å². The van der Waals surface area contributed by atoms with Crippen molar-refractivity contribution in [3.63, 3.8) is 0 Å². The van der Waals surface area contributed by atoms with Crippen LogP contribution in [0.1, 0.15) is 47.4 Å². The standard InChI is InChI=1S/C17H25N5O2.ClH/c1-3-22(4-2)14(15-6-5-9-24-15)11-19-17(23)16-12-10-18-8-7-13(12)20-21-16;/h5-6,9,14,18H,3-4,7-8,10-11H2,1-2H3,(H,19,23)(H,20,21);1H. The number of likely N-dealkylation sites (N-methyl/N-ethyl adjacent to an activating group) is 1. The van der Waals surface area contributed by atoms with E-state index in [0.717, 1.165) is 43.1 Å². The molecule has 0 aliphatic carbocycles. The average molecular weight is 368 g/mol. The highest BCUT2D eigenvalue weighted by Crippen LogP contribution is 2.21. The second-order valence-corrected chi connectivity index (χ2v) is 5.92. The zero-order valence-corrected chi connectivity index (χ0v) is 15.5. The molecule has 1 aliphatic heterocycles. The summed E-state index contributed by atoms with van der Waals surface area (Å²) in [6, 6.07) is 3.85. The van der Waals surface area contributed by atoms with Crippen molar-refractivity contribution < 1.29 is 9.21 Å². The zero-order chi connectivity index (χ0) is 16.9. The van der Waals surface area contributed by atoms with Crippen LogP contribution in [-0.4, -0.2) is 47.2 Å². The lowest BCUT2D eigenvalue weighted by Gasteiger charge is -2.28. The second-order valence-electron chi connectivity index (χ2n) is 5.92. The van der Waals surface area contributed by atoms with E-state index in [-0.39, 0.29) is 24.4 Å². The van der Waals surface area contributed by atoms with Crippen LogP contribution in [0.25, 0.3) is 0 Å². The SMILES string of the molecule is CCN(CC)C(CNC(=O)c1n[nH]c2c1CNCC2)c1ccco1.Cl. The van der Waals surface area contributed by atoms with Gasteiger partial charge in [-0.15, -0.1) is 12.4 Å². The molecule has 1 unspecified atom stereocenters. The van der Waals surface area contributed by atoms with Gasteiger partial charge in [0.05, 0.1) is 12.3 Å². The lowest BCUT2D eigenvalue weighted by molar-refractivity contribution is 0.0923. The Kier molecular flexibility index (Phi) is 7.04. The Bertz CT molecular complexity index is 667. The van der Waals surface area contributed by atoms with Gasteiger partial charge < -0.3 is 15.1 Å². The first-order chi connectivity index (χ1) is 11.7. The molecule has 0 fully saturated rings. The molecule has 1 amide bonds. The third-order valence-corrected chi connectivity index (χ3v) is 4.60. The first-order valence-electron chi connectivity index (χ1n) is 8.57. The van der Waals surface area contributed by atoms with Crippen LogP contribution in [0.5, 0.6) is 0 Å². The number of aromatic amines is 1. The fourth-order valence-corrected chi connectivity index (χ4v) is 3.24. The highest BCUT2D eigenvalue weighted by molar-refractivity contribution is 5.94. The summed E-state index contributed by atoms with van der Waals surface area (Å²) in [5.74, 6) is 0.727. The summed E-state index contributed by atoms with van der Waals surface area (Å²) in [5, 5.41) is 13.5. The maximum atomic E-state index is 12.6. The Morgan fingerprint density at radius 1 is 1.44 bits per heavy atom. The smallest absolute Gasteiger partial charge is 0.272 e. The third kappa shape index (κ3) is 4.23. The molecule has 0 saturated carbocycles. The third-order valence-electron chi connectivity index (χ3n) is 4.60. The van der Waals surface area contributed by atoms with Crippen molar-refractivity contribution in [1.82, 2.24) is 25.7 Å². The van der Waals surface area contributed by atoms with E-state index in [9.17, 15) is 4.79 Å². The highest BCUT2D eigenvalue weighted by atomic mass is 35.5. The number of amides is 1. The second kappa shape index (κ2) is 9.03. The molecule has 0 radical (unpaired) electrons. The van der Waals surface area contributed by atoms with Crippen molar-refractivity contribution in [3.8, 4) is 0 Å². The van der Waals surface area contributed by atoms with Crippen LogP contribution in [0.3, 0.4) is 0 Å². The predicted molar refractivity (Wildman–Crippen MR) is 97.9 cm³/mol. The van der Waals surface area contributed by atoms with Crippen molar-refractivity contribution in [1.29, 1.82) is 0 Å². The topological polar surface area (TPSA) is 86.2 Å². The maximum Gasteiger partial charge on any atom is 0.272 e. The molecule has 25 heavy (non-hydrogen) atoms. The van der Waals surface area contributed by atoms with Crippen LogP contribution in [0.2, 0.25) is 0 Å². The average Bonchev–Trinajstić information content (AvgIpc) is 3.27. The molecular formula is C17H26ClN5O2. The normalized spacial score (nSPS) is 14.7. The molecule has 0 saturated heterocycles. The van der Waals surface area contributed by atoms with E-state index in [1.807, 2.05) is 12.1 Å². The van der Waals surface area contributed by atoms with Gasteiger partial charge in [-0.05, 0) is 25.2 Å². The molecule has 0 bridgehead atoms. The van der Waals surface area contributed by atoms with Crippen molar-refractivity contribution in [3.05, 3.63) is 41.1 Å². The zero-order valence-electron chi connectivity index (χ0n) is 14.7. The fraction of sp³-hybridized carbons (Fsp3) is 0.529. The molecule has 3 N–H and O–H groups in total. The Morgan fingerprint density at radius 2 is 2.24 bits per heavy atom. The van der Waals surface area contributed by atoms with E-state index >= 15 is 0 Å². The number of carbonyl (C=O) groups excluding carboxylic acids is 1. The maximum absolute atomic E-state index is 12.6. The number of H-pyrrole nitrogens is 1. The van der Waals surface area contributed by atoms with Crippen molar-refractivity contribution in [2.24, 2.45) is 0 Å². The van der Waals surface area contributed by atoms with Gasteiger partial charge in [-0.2, -0.15) is 5.10 Å². The van der Waals surface area contributed by atoms with Gasteiger partial charge in [0.2, 0.25) is 0 Å². The number of aromatic nitrogens is 2. The van der Waals surface area contributed by atoms with E-state index in [4.69, 9.17) is 4.42 Å². The van der Waals surface area contributed by atoms with Gasteiger partial charge in [0.1, 0.15) is 5.76 Å². The summed E-state index contributed by atoms with van der Waals surface area (Å²) in [4.78, 5) is 14.8. The summed E-state index contributed by atoms with van der Waals surface area (Å²) >= 11 is 0. The number of halogens is 1. The molecular weight excluding hydrogens is 342 g/mol. The van der Waals surface area contributed by atoms with Gasteiger partial charge in [0, 0.05) is 37.3 Å². The van der Waals surface area contributed by atoms with Gasteiger partial charge in [-0.1, -0.05) is 13.8 Å². The molecule has 2 aromatic heterocycles. The minimum Gasteiger partial charge on any atom is -0.468 e. The number of furan rings is 1. The van der Waals surface area contributed by atoms with Crippen molar-refractivity contribution in [2.45, 2.75) is 32.9 Å². The van der Waals surface area contributed by atoms with E-state index < -0.39 is 0 Å². The Hall–Kier alpha value is -1.83. The van der Waals surface area contributed by atoms with Gasteiger partial charge in [-0.25, -0.2) is 0 Å². The Morgan fingerprint density at radius 3 is 2.92 bits per heavy atom. The fourth-order valence-electron chi connectivity index (χ4n) is 3.24. The van der Waals surface area contributed by atoms with Gasteiger partial charge in [0.25, 0.3) is 5.91 Å². The number of hydrogen-bond donors (Lipinski definition) is 3. The summed E-state index contributed by atoms with van der Waals surface area (Å²) in [6.07, 6.45) is 2.55. The predicted octanol–water partition coefficient (Wildman–Crippen LogP) is 1.88.